The summed E-state index contributed by atoms with van der Waals surface area (Å²) in [4.78, 5) is 12.2. The summed E-state index contributed by atoms with van der Waals surface area (Å²) < 4.78 is 0. The first-order valence-corrected chi connectivity index (χ1v) is 6.76. The summed E-state index contributed by atoms with van der Waals surface area (Å²) in [6, 6.07) is 12.2. The summed E-state index contributed by atoms with van der Waals surface area (Å²) in [6.45, 7) is 2.60. The second kappa shape index (κ2) is 6.11. The number of hydrogen-bond donors (Lipinski definition) is 0. The van der Waals surface area contributed by atoms with Gasteiger partial charge in [-0.1, -0.05) is 41.4 Å². The maximum Gasteiger partial charge on any atom is 0.272 e. The van der Waals surface area contributed by atoms with Gasteiger partial charge in [-0.2, -0.15) is 0 Å². The number of anilines is 2. The molecule has 0 saturated heterocycles. The van der Waals surface area contributed by atoms with E-state index >= 15 is 0 Å². The normalized spacial score (nSPS) is 10.3. The minimum absolute atomic E-state index is 0.118. The van der Waals surface area contributed by atoms with Crippen molar-refractivity contribution in [3.05, 3.63) is 62.6 Å². The van der Waals surface area contributed by atoms with Crippen LogP contribution < -0.4 is 4.90 Å². The zero-order valence-electron chi connectivity index (χ0n) is 10.7. The predicted octanol–water partition coefficient (Wildman–Crippen LogP) is 5.06. The highest BCUT2D eigenvalue weighted by Crippen LogP contribution is 2.40. The Balaban J connectivity index is 2.53. The Kier molecular flexibility index (Phi) is 4.47. The van der Waals surface area contributed by atoms with Crippen LogP contribution in [0.5, 0.6) is 0 Å². The summed E-state index contributed by atoms with van der Waals surface area (Å²) in [6.07, 6.45) is 0. The number of nitrogens with zero attached hydrogens (tertiary/aromatic N) is 2. The third kappa shape index (κ3) is 2.86. The first-order chi connectivity index (χ1) is 9.54. The molecule has 0 saturated carbocycles. The minimum Gasteiger partial charge on any atom is -0.339 e. The van der Waals surface area contributed by atoms with E-state index in [2.05, 4.69) is 0 Å². The van der Waals surface area contributed by atoms with Gasteiger partial charge in [-0.15, -0.1) is 0 Å². The fourth-order valence-electron chi connectivity index (χ4n) is 1.99. The number of benzene rings is 2. The van der Waals surface area contributed by atoms with Gasteiger partial charge in [-0.25, -0.2) is 0 Å². The average Bonchev–Trinajstić information content (AvgIpc) is 2.43. The van der Waals surface area contributed by atoms with Crippen molar-refractivity contribution >= 4 is 40.3 Å². The molecule has 0 amide bonds. The van der Waals surface area contributed by atoms with Crippen molar-refractivity contribution in [2.24, 2.45) is 0 Å². The van der Waals surface area contributed by atoms with Crippen LogP contribution in [0.25, 0.3) is 0 Å². The average molecular weight is 311 g/mol. The summed E-state index contributed by atoms with van der Waals surface area (Å²) in [5, 5.41) is 11.3. The smallest absolute Gasteiger partial charge is 0.272 e. The van der Waals surface area contributed by atoms with Crippen molar-refractivity contribution in [3.8, 4) is 0 Å². The first-order valence-electron chi connectivity index (χ1n) is 6.00. The van der Waals surface area contributed by atoms with Crippen LogP contribution in [0.2, 0.25) is 10.0 Å². The van der Waals surface area contributed by atoms with E-state index in [0.29, 0.717) is 12.2 Å². The minimum atomic E-state index is -0.514. The van der Waals surface area contributed by atoms with E-state index in [0.717, 1.165) is 5.69 Å². The van der Waals surface area contributed by atoms with E-state index in [9.17, 15) is 10.1 Å². The number of hydrogen-bond acceptors (Lipinski definition) is 3. The second-order valence-corrected chi connectivity index (χ2v) is 4.91. The van der Waals surface area contributed by atoms with Gasteiger partial charge in [0.25, 0.3) is 5.69 Å². The Bertz CT molecular complexity index is 609. The van der Waals surface area contributed by atoms with E-state index in [-0.39, 0.29) is 15.7 Å². The zero-order chi connectivity index (χ0) is 14.7. The van der Waals surface area contributed by atoms with E-state index < -0.39 is 4.92 Å². The number of non-ortho nitro benzene ring substituents is 1. The van der Waals surface area contributed by atoms with Crippen LogP contribution in [0.3, 0.4) is 0 Å². The molecule has 0 unspecified atom stereocenters. The molecular formula is C14H12Cl2N2O2. The van der Waals surface area contributed by atoms with Gasteiger partial charge in [-0.3, -0.25) is 10.1 Å². The summed E-state index contributed by atoms with van der Waals surface area (Å²) in [7, 11) is 0. The molecule has 0 fully saturated rings. The SMILES string of the molecule is CCN(c1ccccc1)c1c(Cl)cc([N+](=O)[O-])cc1Cl. The Morgan fingerprint density at radius 2 is 1.70 bits per heavy atom. The largest absolute Gasteiger partial charge is 0.339 e. The van der Waals surface area contributed by atoms with Crippen LogP contribution in [0.4, 0.5) is 17.1 Å². The topological polar surface area (TPSA) is 46.4 Å². The number of nitro groups is 1. The quantitative estimate of drug-likeness (QED) is 0.585. The molecule has 2 rings (SSSR count). The molecule has 4 nitrogen and oxygen atoms in total. The van der Waals surface area contributed by atoms with Gasteiger partial charge in [0.1, 0.15) is 0 Å². The fraction of sp³-hybridized carbons (Fsp3) is 0.143. The van der Waals surface area contributed by atoms with Crippen molar-refractivity contribution in [1.82, 2.24) is 0 Å². The zero-order valence-corrected chi connectivity index (χ0v) is 12.2. The molecule has 104 valence electrons. The maximum atomic E-state index is 10.8. The third-order valence-electron chi connectivity index (χ3n) is 2.87. The lowest BCUT2D eigenvalue weighted by atomic mass is 10.2. The van der Waals surface area contributed by atoms with Crippen molar-refractivity contribution in [1.29, 1.82) is 0 Å². The van der Waals surface area contributed by atoms with Gasteiger partial charge in [-0.05, 0) is 19.1 Å². The highest BCUT2D eigenvalue weighted by Gasteiger charge is 2.19. The van der Waals surface area contributed by atoms with Crippen LogP contribution in [0.15, 0.2) is 42.5 Å². The molecule has 0 spiro atoms. The van der Waals surface area contributed by atoms with Crippen molar-refractivity contribution in [2.45, 2.75) is 6.92 Å². The molecule has 0 aromatic heterocycles. The fourth-order valence-corrected chi connectivity index (χ4v) is 2.67. The molecule has 0 radical (unpaired) electrons. The molecule has 0 heterocycles. The van der Waals surface area contributed by atoms with E-state index in [4.69, 9.17) is 23.2 Å². The van der Waals surface area contributed by atoms with Gasteiger partial charge in [0, 0.05) is 24.4 Å². The highest BCUT2D eigenvalue weighted by atomic mass is 35.5. The first kappa shape index (κ1) is 14.6. The van der Waals surface area contributed by atoms with Gasteiger partial charge in [0.15, 0.2) is 0 Å². The maximum absolute atomic E-state index is 10.8. The Morgan fingerprint density at radius 1 is 1.15 bits per heavy atom. The summed E-state index contributed by atoms with van der Waals surface area (Å²) >= 11 is 12.3. The van der Waals surface area contributed by atoms with Crippen LogP contribution >= 0.6 is 23.2 Å². The molecule has 20 heavy (non-hydrogen) atoms. The van der Waals surface area contributed by atoms with Crippen molar-refractivity contribution in [3.63, 3.8) is 0 Å². The van der Waals surface area contributed by atoms with Crippen LogP contribution in [0, 0.1) is 10.1 Å². The standard InChI is InChI=1S/C14H12Cl2N2O2/c1-2-17(10-6-4-3-5-7-10)14-12(15)8-11(18(19)20)9-13(14)16/h3-9H,2H2,1H3. The van der Waals surface area contributed by atoms with E-state index in [1.165, 1.54) is 12.1 Å². The van der Waals surface area contributed by atoms with E-state index in [1.807, 2.05) is 42.2 Å². The van der Waals surface area contributed by atoms with Gasteiger partial charge < -0.3 is 4.90 Å². The molecule has 2 aromatic carbocycles. The summed E-state index contributed by atoms with van der Waals surface area (Å²) in [5.41, 5.74) is 1.38. The van der Waals surface area contributed by atoms with E-state index in [1.54, 1.807) is 0 Å². The predicted molar refractivity (Wildman–Crippen MR) is 82.2 cm³/mol. The van der Waals surface area contributed by atoms with Crippen LogP contribution in [-0.2, 0) is 0 Å². The summed E-state index contributed by atoms with van der Waals surface area (Å²) in [5.74, 6) is 0. The monoisotopic (exact) mass is 310 g/mol. The highest BCUT2D eigenvalue weighted by molar-refractivity contribution is 6.39. The van der Waals surface area contributed by atoms with Gasteiger partial charge >= 0.3 is 0 Å². The molecule has 0 aliphatic heterocycles. The molecule has 0 N–H and O–H groups in total. The van der Waals surface area contributed by atoms with Crippen molar-refractivity contribution < 1.29 is 4.92 Å². The number of halogens is 2. The second-order valence-electron chi connectivity index (χ2n) is 4.09. The molecule has 0 aliphatic rings. The molecule has 0 bridgehead atoms. The van der Waals surface area contributed by atoms with Gasteiger partial charge in [0.2, 0.25) is 0 Å². The molecule has 2 aromatic rings. The Hall–Kier alpha value is -1.78. The lowest BCUT2D eigenvalue weighted by Gasteiger charge is -2.25. The number of rotatable bonds is 4. The molecule has 0 atom stereocenters. The lowest BCUT2D eigenvalue weighted by Crippen LogP contribution is -2.16. The third-order valence-corrected chi connectivity index (χ3v) is 3.44. The van der Waals surface area contributed by atoms with Crippen molar-refractivity contribution in [2.75, 3.05) is 11.4 Å². The molecular weight excluding hydrogens is 299 g/mol. The van der Waals surface area contributed by atoms with Gasteiger partial charge in [0.05, 0.1) is 20.7 Å². The molecule has 0 aliphatic carbocycles. The lowest BCUT2D eigenvalue weighted by molar-refractivity contribution is -0.384. The Labute approximate surface area is 126 Å². The molecule has 6 heteroatoms. The van der Waals surface area contributed by atoms with Crippen LogP contribution in [-0.4, -0.2) is 11.5 Å². The number of nitro benzene ring substituents is 1. The van der Waals surface area contributed by atoms with Crippen LogP contribution in [0.1, 0.15) is 6.92 Å². The Morgan fingerprint density at radius 3 is 2.15 bits per heavy atom. The number of para-hydroxylation sites is 1.